The predicted octanol–water partition coefficient (Wildman–Crippen LogP) is 4.15. The molecule has 2 aromatic heterocycles. The van der Waals surface area contributed by atoms with E-state index in [-0.39, 0.29) is 11.7 Å². The summed E-state index contributed by atoms with van der Waals surface area (Å²) in [5, 5.41) is 4.21. The van der Waals surface area contributed by atoms with Gasteiger partial charge in [-0.05, 0) is 54.8 Å². The monoisotopic (exact) mass is 250 g/mol. The number of aryl methyl sites for hydroxylation is 2. The van der Waals surface area contributed by atoms with Crippen LogP contribution in [-0.4, -0.2) is 5.78 Å². The van der Waals surface area contributed by atoms with Gasteiger partial charge in [0.2, 0.25) is 0 Å². The van der Waals surface area contributed by atoms with Crippen molar-refractivity contribution in [3.8, 4) is 0 Å². The largest absolute Gasteiger partial charge is 0.299 e. The van der Waals surface area contributed by atoms with Crippen LogP contribution in [0, 0.1) is 13.8 Å². The molecule has 0 aliphatic rings. The van der Waals surface area contributed by atoms with Gasteiger partial charge >= 0.3 is 0 Å². The highest BCUT2D eigenvalue weighted by atomic mass is 32.1. The summed E-state index contributed by atoms with van der Waals surface area (Å²) in [5.41, 5.74) is 2.47. The van der Waals surface area contributed by atoms with E-state index in [4.69, 9.17) is 0 Å². The maximum Gasteiger partial charge on any atom is 0.143 e. The van der Waals surface area contributed by atoms with Crippen LogP contribution in [0.2, 0.25) is 0 Å². The molecule has 0 saturated heterocycles. The van der Waals surface area contributed by atoms with Crippen LogP contribution in [0.1, 0.15) is 33.7 Å². The smallest absolute Gasteiger partial charge is 0.143 e. The number of hydrogen-bond acceptors (Lipinski definition) is 3. The predicted molar refractivity (Wildman–Crippen MR) is 70.6 cm³/mol. The highest BCUT2D eigenvalue weighted by Gasteiger charge is 2.21. The lowest BCUT2D eigenvalue weighted by Gasteiger charge is -2.09. The number of carbonyl (C=O) groups excluding carboxylic acids is 1. The van der Waals surface area contributed by atoms with E-state index in [9.17, 15) is 4.79 Å². The molecule has 0 spiro atoms. The first-order valence-electron chi connectivity index (χ1n) is 5.18. The zero-order chi connectivity index (χ0) is 11.7. The lowest BCUT2D eigenvalue weighted by molar-refractivity contribution is -0.117. The molecule has 0 aliphatic carbocycles. The summed E-state index contributed by atoms with van der Waals surface area (Å²) in [4.78, 5) is 14.1. The van der Waals surface area contributed by atoms with Crippen LogP contribution in [0.5, 0.6) is 0 Å². The number of hydrogen-bond donors (Lipinski definition) is 0. The van der Waals surface area contributed by atoms with Crippen molar-refractivity contribution >= 4 is 28.5 Å². The van der Waals surface area contributed by atoms with Gasteiger partial charge in [-0.25, -0.2) is 0 Å². The van der Waals surface area contributed by atoms with Crippen molar-refractivity contribution in [2.45, 2.75) is 26.7 Å². The fraction of sp³-hybridized carbons (Fsp3) is 0.308. The molecule has 16 heavy (non-hydrogen) atoms. The standard InChI is InChI=1S/C13H14OS2/c1-8-4-11(15-6-8)13(10(3)14)12-5-9(2)7-16-12/h4-7,13H,1-3H3. The fourth-order valence-electron chi connectivity index (χ4n) is 1.75. The summed E-state index contributed by atoms with van der Waals surface area (Å²) in [6.07, 6.45) is 0. The van der Waals surface area contributed by atoms with Gasteiger partial charge in [0.05, 0.1) is 5.92 Å². The van der Waals surface area contributed by atoms with Gasteiger partial charge in [0.25, 0.3) is 0 Å². The normalized spacial score (nSPS) is 11.0. The molecule has 2 aromatic rings. The summed E-state index contributed by atoms with van der Waals surface area (Å²) in [6, 6.07) is 4.23. The lowest BCUT2D eigenvalue weighted by Crippen LogP contribution is -2.07. The van der Waals surface area contributed by atoms with Crippen molar-refractivity contribution < 1.29 is 4.79 Å². The molecular weight excluding hydrogens is 236 g/mol. The lowest BCUT2D eigenvalue weighted by atomic mass is 10.0. The van der Waals surface area contributed by atoms with Crippen LogP contribution >= 0.6 is 22.7 Å². The summed E-state index contributed by atoms with van der Waals surface area (Å²) >= 11 is 3.35. The van der Waals surface area contributed by atoms with Gasteiger partial charge in [-0.2, -0.15) is 0 Å². The second-order valence-corrected chi connectivity index (χ2v) is 5.98. The third-order valence-corrected chi connectivity index (χ3v) is 4.71. The van der Waals surface area contributed by atoms with E-state index in [1.165, 1.54) is 11.1 Å². The number of Topliss-reactive ketones (excluding diaryl/α,β-unsaturated/α-hetero) is 1. The molecule has 0 N–H and O–H groups in total. The average Bonchev–Trinajstić information content (AvgIpc) is 2.76. The fourth-order valence-corrected chi connectivity index (χ4v) is 3.97. The average molecular weight is 250 g/mol. The molecule has 84 valence electrons. The first-order valence-corrected chi connectivity index (χ1v) is 6.94. The van der Waals surface area contributed by atoms with Crippen LogP contribution in [-0.2, 0) is 4.79 Å². The first-order chi connectivity index (χ1) is 7.58. The molecule has 0 fully saturated rings. The highest BCUT2D eigenvalue weighted by molar-refractivity contribution is 7.12. The van der Waals surface area contributed by atoms with E-state index in [0.29, 0.717) is 0 Å². The second kappa shape index (κ2) is 4.52. The topological polar surface area (TPSA) is 17.1 Å². The van der Waals surface area contributed by atoms with Gasteiger partial charge in [0.15, 0.2) is 0 Å². The van der Waals surface area contributed by atoms with E-state index in [2.05, 4.69) is 36.7 Å². The van der Waals surface area contributed by atoms with Gasteiger partial charge < -0.3 is 0 Å². The van der Waals surface area contributed by atoms with Crippen molar-refractivity contribution in [3.05, 3.63) is 43.8 Å². The van der Waals surface area contributed by atoms with Gasteiger partial charge in [0.1, 0.15) is 5.78 Å². The highest BCUT2D eigenvalue weighted by Crippen LogP contribution is 2.34. The van der Waals surface area contributed by atoms with Crippen molar-refractivity contribution in [2.75, 3.05) is 0 Å². The summed E-state index contributed by atoms with van der Waals surface area (Å²) in [5.74, 6) is 0.168. The Labute approximate surface area is 104 Å². The SMILES string of the molecule is CC(=O)C(c1cc(C)cs1)c1cc(C)cs1. The maximum atomic E-state index is 11.8. The van der Waals surface area contributed by atoms with Crippen LogP contribution in [0.25, 0.3) is 0 Å². The van der Waals surface area contributed by atoms with Crippen LogP contribution < -0.4 is 0 Å². The Balaban J connectivity index is 2.42. The van der Waals surface area contributed by atoms with Gasteiger partial charge in [0, 0.05) is 9.75 Å². The third kappa shape index (κ3) is 2.25. The van der Waals surface area contributed by atoms with Gasteiger partial charge in [-0.1, -0.05) is 0 Å². The molecule has 2 rings (SSSR count). The van der Waals surface area contributed by atoms with E-state index in [1.807, 2.05) is 0 Å². The zero-order valence-electron chi connectivity index (χ0n) is 9.61. The van der Waals surface area contributed by atoms with Crippen molar-refractivity contribution in [3.63, 3.8) is 0 Å². The molecule has 0 radical (unpaired) electrons. The third-order valence-electron chi connectivity index (χ3n) is 2.48. The minimum absolute atomic E-state index is 0.0580. The Morgan fingerprint density at radius 2 is 1.50 bits per heavy atom. The van der Waals surface area contributed by atoms with E-state index in [1.54, 1.807) is 29.6 Å². The molecular formula is C13H14OS2. The van der Waals surface area contributed by atoms with Crippen molar-refractivity contribution in [1.29, 1.82) is 0 Å². The molecule has 0 unspecified atom stereocenters. The minimum atomic E-state index is -0.0580. The van der Waals surface area contributed by atoms with Crippen LogP contribution in [0.3, 0.4) is 0 Å². The van der Waals surface area contributed by atoms with Gasteiger partial charge in [-0.3, -0.25) is 4.79 Å². The maximum absolute atomic E-state index is 11.8. The van der Waals surface area contributed by atoms with Crippen LogP contribution in [0.15, 0.2) is 22.9 Å². The van der Waals surface area contributed by atoms with Gasteiger partial charge in [-0.15, -0.1) is 22.7 Å². The Hall–Kier alpha value is -0.930. The molecule has 0 bridgehead atoms. The number of ketones is 1. The number of thiophene rings is 2. The van der Waals surface area contributed by atoms with Crippen molar-refractivity contribution in [2.24, 2.45) is 0 Å². The summed E-state index contributed by atoms with van der Waals surface area (Å²) in [7, 11) is 0. The number of carbonyl (C=O) groups is 1. The molecule has 0 aromatic carbocycles. The molecule has 1 nitrogen and oxygen atoms in total. The number of rotatable bonds is 3. The van der Waals surface area contributed by atoms with Crippen LogP contribution in [0.4, 0.5) is 0 Å². The molecule has 0 amide bonds. The second-order valence-electron chi connectivity index (χ2n) is 4.10. The van der Waals surface area contributed by atoms with E-state index >= 15 is 0 Å². The molecule has 2 heterocycles. The molecule has 0 saturated carbocycles. The Morgan fingerprint density at radius 1 is 1.06 bits per heavy atom. The summed E-state index contributed by atoms with van der Waals surface area (Å²) < 4.78 is 0. The first kappa shape index (κ1) is 11.6. The minimum Gasteiger partial charge on any atom is -0.299 e. The van der Waals surface area contributed by atoms with Crippen molar-refractivity contribution in [1.82, 2.24) is 0 Å². The summed E-state index contributed by atoms with van der Waals surface area (Å²) in [6.45, 7) is 5.81. The molecule has 3 heteroatoms. The quantitative estimate of drug-likeness (QED) is 0.800. The molecule has 0 atom stereocenters. The zero-order valence-corrected chi connectivity index (χ0v) is 11.2. The Kier molecular flexibility index (Phi) is 3.26. The Morgan fingerprint density at radius 3 is 1.75 bits per heavy atom. The van der Waals surface area contributed by atoms with E-state index in [0.717, 1.165) is 9.75 Å². The molecule has 0 aliphatic heterocycles. The Bertz CT molecular complexity index is 467. The van der Waals surface area contributed by atoms with E-state index < -0.39 is 0 Å².